The van der Waals surface area contributed by atoms with Crippen molar-refractivity contribution in [3.8, 4) is 0 Å². The summed E-state index contributed by atoms with van der Waals surface area (Å²) in [5.41, 5.74) is 0. The van der Waals surface area contributed by atoms with Crippen molar-refractivity contribution in [3.63, 3.8) is 0 Å². The first-order valence-corrected chi connectivity index (χ1v) is 4.89. The summed E-state index contributed by atoms with van der Waals surface area (Å²) in [4.78, 5) is 2.51. The first-order valence-electron chi connectivity index (χ1n) is 4.89. The van der Waals surface area contributed by atoms with Gasteiger partial charge in [0.05, 0.1) is 0 Å². The summed E-state index contributed by atoms with van der Waals surface area (Å²) < 4.78 is 0. The fourth-order valence-electron chi connectivity index (χ4n) is 3.05. The Morgan fingerprint density at radius 2 is 2.27 bits per heavy atom. The highest BCUT2D eigenvalue weighted by Crippen LogP contribution is 2.49. The first-order chi connectivity index (χ1) is 5.21. The van der Waals surface area contributed by atoms with Crippen LogP contribution in [0.15, 0.2) is 0 Å². The zero-order valence-corrected chi connectivity index (χ0v) is 7.77. The molecule has 0 aromatic carbocycles. The molecule has 2 unspecified atom stereocenters. The van der Waals surface area contributed by atoms with Gasteiger partial charge in [0.25, 0.3) is 0 Å². The van der Waals surface area contributed by atoms with E-state index in [0.717, 1.165) is 5.92 Å². The minimum absolute atomic E-state index is 0.688. The maximum atomic E-state index is 2.51. The van der Waals surface area contributed by atoms with Crippen molar-refractivity contribution in [1.82, 2.24) is 4.90 Å². The molecule has 1 nitrogen and oxygen atoms in total. The molecule has 0 aromatic rings. The van der Waals surface area contributed by atoms with Crippen LogP contribution in [-0.4, -0.2) is 32.9 Å². The standard InChI is InChI=1S/C9H18BN/c1-11-6-8-4-2-3-5-9(8,10)7-11/h8H,2-7,10H2,1H3. The van der Waals surface area contributed by atoms with E-state index in [4.69, 9.17) is 0 Å². The Hall–Kier alpha value is 0.0249. The maximum absolute atomic E-state index is 2.51. The molecule has 0 bridgehead atoms. The molecule has 2 fully saturated rings. The van der Waals surface area contributed by atoms with Crippen molar-refractivity contribution in [1.29, 1.82) is 0 Å². The van der Waals surface area contributed by atoms with Crippen molar-refractivity contribution < 1.29 is 0 Å². The van der Waals surface area contributed by atoms with Crippen LogP contribution in [0.5, 0.6) is 0 Å². The van der Waals surface area contributed by atoms with Crippen LogP contribution in [0.1, 0.15) is 25.7 Å². The number of fused-ring (bicyclic) bond motifs is 1. The lowest BCUT2D eigenvalue weighted by molar-refractivity contribution is 0.317. The van der Waals surface area contributed by atoms with Gasteiger partial charge in [0, 0.05) is 6.54 Å². The lowest BCUT2D eigenvalue weighted by atomic mass is 9.56. The van der Waals surface area contributed by atoms with Crippen LogP contribution in [0.3, 0.4) is 0 Å². The molecule has 11 heavy (non-hydrogen) atoms. The van der Waals surface area contributed by atoms with E-state index >= 15 is 0 Å². The quantitative estimate of drug-likeness (QED) is 0.465. The highest BCUT2D eigenvalue weighted by atomic mass is 15.1. The maximum Gasteiger partial charge on any atom is 0.111 e. The van der Waals surface area contributed by atoms with Gasteiger partial charge in [0.2, 0.25) is 0 Å². The van der Waals surface area contributed by atoms with Crippen LogP contribution in [0, 0.1) is 5.92 Å². The Labute approximate surface area is 70.6 Å². The Morgan fingerprint density at radius 1 is 1.45 bits per heavy atom. The molecule has 2 rings (SSSR count). The van der Waals surface area contributed by atoms with E-state index in [-0.39, 0.29) is 0 Å². The topological polar surface area (TPSA) is 3.24 Å². The van der Waals surface area contributed by atoms with E-state index in [1.165, 1.54) is 38.8 Å². The van der Waals surface area contributed by atoms with Gasteiger partial charge in [-0.3, -0.25) is 0 Å². The molecule has 2 heteroatoms. The summed E-state index contributed by atoms with van der Waals surface area (Å²) in [5.74, 6) is 1.02. The van der Waals surface area contributed by atoms with Gasteiger partial charge < -0.3 is 4.90 Å². The fourth-order valence-corrected chi connectivity index (χ4v) is 3.05. The molecule has 1 heterocycles. The van der Waals surface area contributed by atoms with Gasteiger partial charge in [-0.2, -0.15) is 0 Å². The second-order valence-electron chi connectivity index (χ2n) is 4.79. The second-order valence-corrected chi connectivity index (χ2v) is 4.79. The lowest BCUT2D eigenvalue weighted by Gasteiger charge is -2.35. The summed E-state index contributed by atoms with van der Waals surface area (Å²) in [6, 6.07) is 0. The SMILES string of the molecule is BC12CCCCC1CN(C)C2. The highest BCUT2D eigenvalue weighted by molar-refractivity contribution is 6.16. The van der Waals surface area contributed by atoms with Crippen LogP contribution in [0.4, 0.5) is 0 Å². The van der Waals surface area contributed by atoms with Gasteiger partial charge in [-0.1, -0.05) is 19.3 Å². The van der Waals surface area contributed by atoms with Crippen LogP contribution in [0.2, 0.25) is 5.31 Å². The van der Waals surface area contributed by atoms with Gasteiger partial charge in [0.1, 0.15) is 7.85 Å². The van der Waals surface area contributed by atoms with E-state index in [1.54, 1.807) is 0 Å². The first kappa shape index (κ1) is 7.66. The molecule has 0 aromatic heterocycles. The van der Waals surface area contributed by atoms with Crippen molar-refractivity contribution in [2.45, 2.75) is 31.0 Å². The van der Waals surface area contributed by atoms with Crippen LogP contribution >= 0.6 is 0 Å². The average molecular weight is 151 g/mol. The third-order valence-electron chi connectivity index (χ3n) is 3.70. The minimum Gasteiger partial charge on any atom is -0.306 e. The Kier molecular flexibility index (Phi) is 1.75. The van der Waals surface area contributed by atoms with E-state index in [2.05, 4.69) is 19.8 Å². The van der Waals surface area contributed by atoms with Gasteiger partial charge in [-0.15, -0.1) is 0 Å². The van der Waals surface area contributed by atoms with E-state index in [9.17, 15) is 0 Å². The normalized spacial score (nSPS) is 45.7. The number of hydrogen-bond donors (Lipinski definition) is 0. The molecule has 1 aliphatic heterocycles. The van der Waals surface area contributed by atoms with Crippen molar-refractivity contribution in [3.05, 3.63) is 0 Å². The number of nitrogens with zero attached hydrogens (tertiary/aromatic N) is 1. The molecule has 0 spiro atoms. The monoisotopic (exact) mass is 151 g/mol. The van der Waals surface area contributed by atoms with E-state index in [1.807, 2.05) is 0 Å². The third kappa shape index (κ3) is 1.22. The molecule has 1 aliphatic carbocycles. The van der Waals surface area contributed by atoms with Gasteiger partial charge >= 0.3 is 0 Å². The molecular weight excluding hydrogens is 133 g/mol. The molecule has 0 radical (unpaired) electrons. The highest BCUT2D eigenvalue weighted by Gasteiger charge is 2.42. The van der Waals surface area contributed by atoms with Crippen molar-refractivity contribution in [2.24, 2.45) is 5.92 Å². The Bertz CT molecular complexity index is 160. The second kappa shape index (κ2) is 2.51. The van der Waals surface area contributed by atoms with Crippen molar-refractivity contribution >= 4 is 7.85 Å². The Balaban J connectivity index is 2.11. The number of hydrogen-bond acceptors (Lipinski definition) is 1. The van der Waals surface area contributed by atoms with Crippen molar-refractivity contribution in [2.75, 3.05) is 20.1 Å². The average Bonchev–Trinajstić information content (AvgIpc) is 2.22. The fraction of sp³-hybridized carbons (Fsp3) is 1.00. The van der Waals surface area contributed by atoms with Crippen LogP contribution in [0.25, 0.3) is 0 Å². The molecular formula is C9H18BN. The Morgan fingerprint density at radius 3 is 3.00 bits per heavy atom. The third-order valence-corrected chi connectivity index (χ3v) is 3.70. The summed E-state index contributed by atoms with van der Waals surface area (Å²) in [7, 11) is 4.75. The zero-order valence-electron chi connectivity index (χ0n) is 7.77. The van der Waals surface area contributed by atoms with Gasteiger partial charge in [-0.25, -0.2) is 0 Å². The van der Waals surface area contributed by atoms with Gasteiger partial charge in [0.15, 0.2) is 0 Å². The van der Waals surface area contributed by atoms with E-state index in [0.29, 0.717) is 5.31 Å². The van der Waals surface area contributed by atoms with Crippen LogP contribution in [-0.2, 0) is 0 Å². The van der Waals surface area contributed by atoms with Gasteiger partial charge in [-0.05, 0) is 31.2 Å². The molecule has 1 saturated carbocycles. The zero-order chi connectivity index (χ0) is 7.90. The molecule has 1 saturated heterocycles. The molecule has 62 valence electrons. The minimum atomic E-state index is 0.688. The molecule has 2 aliphatic rings. The molecule has 0 N–H and O–H groups in total. The predicted octanol–water partition coefficient (Wildman–Crippen LogP) is 0.914. The summed E-state index contributed by atoms with van der Waals surface area (Å²) in [6.45, 7) is 2.70. The molecule has 2 atom stereocenters. The summed E-state index contributed by atoms with van der Waals surface area (Å²) >= 11 is 0. The predicted molar refractivity (Wildman–Crippen MR) is 50.7 cm³/mol. The molecule has 0 amide bonds. The summed E-state index contributed by atoms with van der Waals surface area (Å²) in [5, 5.41) is 0.688. The van der Waals surface area contributed by atoms with E-state index < -0.39 is 0 Å². The number of likely N-dealkylation sites (tertiary alicyclic amines) is 1. The van der Waals surface area contributed by atoms with Crippen LogP contribution < -0.4 is 0 Å². The lowest BCUT2D eigenvalue weighted by Crippen LogP contribution is -2.26. The smallest absolute Gasteiger partial charge is 0.111 e. The number of rotatable bonds is 0. The largest absolute Gasteiger partial charge is 0.306 e. The summed E-state index contributed by atoms with van der Waals surface area (Å²) in [6.07, 6.45) is 5.91.